The molecule has 1 amide bonds. The first-order valence-electron chi connectivity index (χ1n) is 6.07. The van der Waals surface area contributed by atoms with Gasteiger partial charge in [-0.15, -0.1) is 0 Å². The summed E-state index contributed by atoms with van der Waals surface area (Å²) in [6.07, 6.45) is 2.95. The lowest BCUT2D eigenvalue weighted by Crippen LogP contribution is -2.15. The molecule has 0 aliphatic heterocycles. The lowest BCUT2D eigenvalue weighted by atomic mass is 10.1. The Morgan fingerprint density at radius 3 is 2.76 bits per heavy atom. The molecule has 0 bridgehead atoms. The van der Waals surface area contributed by atoms with Crippen molar-refractivity contribution in [3.05, 3.63) is 53.0 Å². The number of nitrogens with zero attached hydrogens (tertiary/aromatic N) is 3. The van der Waals surface area contributed by atoms with Crippen LogP contribution in [0, 0.1) is 0 Å². The van der Waals surface area contributed by atoms with Gasteiger partial charge in [0.2, 0.25) is 0 Å². The van der Waals surface area contributed by atoms with Gasteiger partial charge in [0.15, 0.2) is 5.82 Å². The minimum absolute atomic E-state index is 0.232. The van der Waals surface area contributed by atoms with Crippen LogP contribution in [0.2, 0.25) is 0 Å². The number of rotatable bonds is 2. The van der Waals surface area contributed by atoms with Crippen LogP contribution in [0.3, 0.4) is 0 Å². The molecular weight excluding hydrogens is 334 g/mol. The number of benzene rings is 1. The van der Waals surface area contributed by atoms with Crippen LogP contribution < -0.4 is 11.1 Å². The fourth-order valence-electron chi connectivity index (χ4n) is 1.88. The third-order valence-electron chi connectivity index (χ3n) is 2.84. The number of nitrogen functional groups attached to an aromatic ring is 1. The Morgan fingerprint density at radius 2 is 2.00 bits per heavy atom. The monoisotopic (exact) mass is 343 g/mol. The number of fused-ring (bicyclic) bond motifs is 1. The quantitative estimate of drug-likeness (QED) is 0.745. The summed E-state index contributed by atoms with van der Waals surface area (Å²) in [5.74, 6) is -0.0409. The van der Waals surface area contributed by atoms with E-state index >= 15 is 0 Å². The van der Waals surface area contributed by atoms with Gasteiger partial charge in [-0.25, -0.2) is 15.0 Å². The first-order chi connectivity index (χ1) is 10.1. The maximum absolute atomic E-state index is 12.2. The molecule has 0 aliphatic rings. The Kier molecular flexibility index (Phi) is 3.49. The maximum Gasteiger partial charge on any atom is 0.275 e. The van der Waals surface area contributed by atoms with E-state index in [1.165, 1.54) is 12.4 Å². The highest BCUT2D eigenvalue weighted by molar-refractivity contribution is 9.10. The van der Waals surface area contributed by atoms with Crippen molar-refractivity contribution >= 4 is 44.2 Å². The number of aromatic nitrogens is 3. The Hall–Kier alpha value is -2.54. The number of carbonyl (C=O) groups excluding carboxylic acids is 1. The Bertz CT molecular complexity index is 819. The van der Waals surface area contributed by atoms with Crippen LogP contribution in [0.1, 0.15) is 10.5 Å². The topological polar surface area (TPSA) is 93.8 Å². The minimum Gasteiger partial charge on any atom is -0.398 e. The summed E-state index contributed by atoms with van der Waals surface area (Å²) in [7, 11) is 0. The van der Waals surface area contributed by atoms with E-state index in [1.807, 2.05) is 24.3 Å². The summed E-state index contributed by atoms with van der Waals surface area (Å²) in [5, 5.41) is 3.44. The molecule has 0 radical (unpaired) electrons. The number of hydrogen-bond donors (Lipinski definition) is 2. The summed E-state index contributed by atoms with van der Waals surface area (Å²) in [6, 6.07) is 8.93. The zero-order valence-corrected chi connectivity index (χ0v) is 12.3. The number of para-hydroxylation sites is 1. The molecule has 0 atom stereocenters. The predicted molar refractivity (Wildman–Crippen MR) is 83.8 cm³/mol. The number of nitrogens with two attached hydrogens (primary N) is 1. The molecule has 3 N–H and O–H groups in total. The standard InChI is InChI=1S/C14H10BrN5O/c15-12-6-18-13(7-17-12)20-14(21)11-5-9(16)8-3-1-2-4-10(8)19-11/h1-7H,(H2,16,19)(H,18,20,21). The summed E-state index contributed by atoms with van der Waals surface area (Å²) < 4.78 is 0.591. The summed E-state index contributed by atoms with van der Waals surface area (Å²) in [4.78, 5) is 24.5. The summed E-state index contributed by atoms with van der Waals surface area (Å²) in [6.45, 7) is 0. The zero-order valence-electron chi connectivity index (χ0n) is 10.7. The normalized spacial score (nSPS) is 10.5. The van der Waals surface area contributed by atoms with Gasteiger partial charge in [0.1, 0.15) is 10.3 Å². The Labute approximate surface area is 128 Å². The highest BCUT2D eigenvalue weighted by atomic mass is 79.9. The smallest absolute Gasteiger partial charge is 0.275 e. The first-order valence-corrected chi connectivity index (χ1v) is 6.87. The predicted octanol–water partition coefficient (Wildman–Crippen LogP) is 2.62. The van der Waals surface area contributed by atoms with Crippen molar-refractivity contribution in [2.75, 3.05) is 11.1 Å². The minimum atomic E-state index is -0.385. The van der Waals surface area contributed by atoms with Gasteiger partial charge in [-0.2, -0.15) is 0 Å². The Morgan fingerprint density at radius 1 is 1.19 bits per heavy atom. The van der Waals surface area contributed by atoms with Gasteiger partial charge in [-0.3, -0.25) is 4.79 Å². The molecule has 7 heteroatoms. The average molecular weight is 344 g/mol. The lowest BCUT2D eigenvalue weighted by molar-refractivity contribution is 0.102. The van der Waals surface area contributed by atoms with Gasteiger partial charge in [0, 0.05) is 11.1 Å². The van der Waals surface area contributed by atoms with Crippen molar-refractivity contribution in [2.45, 2.75) is 0 Å². The number of amides is 1. The first kappa shape index (κ1) is 13.4. The molecule has 0 fully saturated rings. The van der Waals surface area contributed by atoms with Crippen LogP contribution in [0.5, 0.6) is 0 Å². The second kappa shape index (κ2) is 5.45. The molecule has 2 heterocycles. The molecule has 0 spiro atoms. The summed E-state index contributed by atoms with van der Waals surface area (Å²) in [5.41, 5.74) is 7.36. The SMILES string of the molecule is Nc1cc(C(=O)Nc2cnc(Br)cn2)nc2ccccc12. The van der Waals surface area contributed by atoms with Crippen LogP contribution in [-0.4, -0.2) is 20.9 Å². The van der Waals surface area contributed by atoms with E-state index in [0.29, 0.717) is 21.6 Å². The molecule has 21 heavy (non-hydrogen) atoms. The van der Waals surface area contributed by atoms with Gasteiger partial charge in [0.25, 0.3) is 5.91 Å². The van der Waals surface area contributed by atoms with E-state index in [0.717, 1.165) is 5.39 Å². The zero-order chi connectivity index (χ0) is 14.8. The molecule has 104 valence electrons. The highest BCUT2D eigenvalue weighted by Crippen LogP contribution is 2.20. The van der Waals surface area contributed by atoms with E-state index < -0.39 is 0 Å². The Balaban J connectivity index is 1.92. The lowest BCUT2D eigenvalue weighted by Gasteiger charge is -2.06. The van der Waals surface area contributed by atoms with Crippen LogP contribution in [0.25, 0.3) is 10.9 Å². The van der Waals surface area contributed by atoms with E-state index in [4.69, 9.17) is 5.73 Å². The van der Waals surface area contributed by atoms with Crippen molar-refractivity contribution in [3.8, 4) is 0 Å². The van der Waals surface area contributed by atoms with E-state index in [9.17, 15) is 4.79 Å². The molecule has 0 unspecified atom stereocenters. The molecule has 3 aromatic rings. The number of anilines is 2. The van der Waals surface area contributed by atoms with Crippen molar-refractivity contribution in [1.82, 2.24) is 15.0 Å². The van der Waals surface area contributed by atoms with Gasteiger partial charge in [-0.1, -0.05) is 18.2 Å². The largest absolute Gasteiger partial charge is 0.398 e. The molecule has 6 nitrogen and oxygen atoms in total. The van der Waals surface area contributed by atoms with E-state index in [2.05, 4.69) is 36.2 Å². The van der Waals surface area contributed by atoms with Gasteiger partial charge in [-0.05, 0) is 28.1 Å². The fraction of sp³-hybridized carbons (Fsp3) is 0. The van der Waals surface area contributed by atoms with Crippen LogP contribution in [-0.2, 0) is 0 Å². The van der Waals surface area contributed by atoms with Crippen molar-refractivity contribution in [1.29, 1.82) is 0 Å². The second-order valence-electron chi connectivity index (χ2n) is 4.29. The maximum atomic E-state index is 12.2. The molecule has 0 saturated carbocycles. The van der Waals surface area contributed by atoms with Gasteiger partial charge >= 0.3 is 0 Å². The van der Waals surface area contributed by atoms with Crippen LogP contribution in [0.15, 0.2) is 47.3 Å². The van der Waals surface area contributed by atoms with E-state index in [1.54, 1.807) is 6.07 Å². The number of hydrogen-bond acceptors (Lipinski definition) is 5. The van der Waals surface area contributed by atoms with Crippen LogP contribution in [0.4, 0.5) is 11.5 Å². The molecule has 1 aromatic carbocycles. The van der Waals surface area contributed by atoms with Gasteiger partial charge < -0.3 is 11.1 Å². The van der Waals surface area contributed by atoms with Crippen molar-refractivity contribution in [2.24, 2.45) is 0 Å². The van der Waals surface area contributed by atoms with Crippen LogP contribution >= 0.6 is 15.9 Å². The molecule has 3 rings (SSSR count). The molecule has 0 saturated heterocycles. The second-order valence-corrected chi connectivity index (χ2v) is 5.10. The number of carbonyl (C=O) groups is 1. The van der Waals surface area contributed by atoms with Gasteiger partial charge in [0.05, 0.1) is 17.9 Å². The number of nitrogens with one attached hydrogen (secondary N) is 1. The van der Waals surface area contributed by atoms with Crippen molar-refractivity contribution < 1.29 is 4.79 Å². The summed E-state index contributed by atoms with van der Waals surface area (Å²) >= 11 is 3.18. The fourth-order valence-corrected chi connectivity index (χ4v) is 2.08. The third-order valence-corrected chi connectivity index (χ3v) is 3.25. The third kappa shape index (κ3) is 2.82. The molecule has 0 aliphatic carbocycles. The van der Waals surface area contributed by atoms with Crippen molar-refractivity contribution in [3.63, 3.8) is 0 Å². The highest BCUT2D eigenvalue weighted by Gasteiger charge is 2.11. The number of pyridine rings is 1. The average Bonchev–Trinajstić information content (AvgIpc) is 2.49. The number of halogens is 1. The van der Waals surface area contributed by atoms with E-state index in [-0.39, 0.29) is 11.6 Å². The molecular formula is C14H10BrN5O. The molecule has 2 aromatic heterocycles.